The van der Waals surface area contributed by atoms with Crippen molar-refractivity contribution in [1.82, 2.24) is 10.2 Å². The maximum absolute atomic E-state index is 11.9. The molecule has 0 saturated heterocycles. The molecule has 0 spiro atoms. The molecule has 0 aliphatic rings. The van der Waals surface area contributed by atoms with Crippen LogP contribution in [0, 0.1) is 0 Å². The Labute approximate surface area is 104 Å². The average Bonchev–Trinajstić information content (AvgIpc) is 2.88. The zero-order valence-corrected chi connectivity index (χ0v) is 11.0. The monoisotopic (exact) mass is 268 g/mol. The topological polar surface area (TPSA) is 74.5 Å². The molecule has 0 unspecified atom stereocenters. The van der Waals surface area contributed by atoms with Crippen LogP contribution in [0.4, 0.5) is 0 Å². The van der Waals surface area contributed by atoms with E-state index in [4.69, 9.17) is 13.5 Å². The highest BCUT2D eigenvalue weighted by Gasteiger charge is 2.25. The molecule has 96 valence electrons. The minimum atomic E-state index is -3.18. The van der Waals surface area contributed by atoms with Crippen molar-refractivity contribution >= 4 is 7.60 Å². The third-order valence-electron chi connectivity index (χ3n) is 2.37. The molecule has 0 radical (unpaired) electrons. The van der Waals surface area contributed by atoms with Crippen molar-refractivity contribution in [2.75, 3.05) is 14.2 Å². The van der Waals surface area contributed by atoms with Gasteiger partial charge in [-0.15, -0.1) is 10.2 Å². The summed E-state index contributed by atoms with van der Waals surface area (Å²) >= 11 is 0. The molecule has 7 heteroatoms. The Morgan fingerprint density at radius 3 is 2.44 bits per heavy atom. The van der Waals surface area contributed by atoms with Crippen molar-refractivity contribution in [3.05, 3.63) is 36.2 Å². The first-order chi connectivity index (χ1) is 8.67. The predicted octanol–water partition coefficient (Wildman–Crippen LogP) is 2.72. The van der Waals surface area contributed by atoms with Gasteiger partial charge in [0, 0.05) is 19.8 Å². The molecule has 0 bridgehead atoms. The van der Waals surface area contributed by atoms with Gasteiger partial charge in [0.25, 0.3) is 0 Å². The maximum atomic E-state index is 11.9. The zero-order valence-electron chi connectivity index (χ0n) is 10.1. The molecular formula is C11H13N2O4P. The molecule has 1 aromatic heterocycles. The van der Waals surface area contributed by atoms with E-state index in [-0.39, 0.29) is 12.1 Å². The lowest BCUT2D eigenvalue weighted by atomic mass is 10.2. The van der Waals surface area contributed by atoms with Crippen molar-refractivity contribution in [3.8, 4) is 11.5 Å². The number of nitrogens with zero attached hydrogens (tertiary/aromatic N) is 2. The Balaban J connectivity index is 2.19. The van der Waals surface area contributed by atoms with Crippen molar-refractivity contribution in [3.63, 3.8) is 0 Å². The molecular weight excluding hydrogens is 255 g/mol. The third-order valence-corrected chi connectivity index (χ3v) is 4.14. The van der Waals surface area contributed by atoms with Crippen LogP contribution in [0.1, 0.15) is 5.89 Å². The molecule has 2 aromatic rings. The summed E-state index contributed by atoms with van der Waals surface area (Å²) in [6, 6.07) is 9.33. The molecule has 0 aliphatic heterocycles. The molecule has 2 rings (SSSR count). The Morgan fingerprint density at radius 2 is 1.83 bits per heavy atom. The maximum Gasteiger partial charge on any atom is 0.339 e. The van der Waals surface area contributed by atoms with Gasteiger partial charge in [-0.1, -0.05) is 18.2 Å². The van der Waals surface area contributed by atoms with Gasteiger partial charge in [0.1, 0.15) is 6.16 Å². The largest absolute Gasteiger partial charge is 0.420 e. The minimum absolute atomic E-state index is 0.0418. The number of aromatic nitrogens is 2. The predicted molar refractivity (Wildman–Crippen MR) is 65.1 cm³/mol. The molecule has 0 fully saturated rings. The smallest absolute Gasteiger partial charge is 0.339 e. The van der Waals surface area contributed by atoms with Gasteiger partial charge in [-0.2, -0.15) is 0 Å². The van der Waals surface area contributed by atoms with Crippen LogP contribution >= 0.6 is 7.60 Å². The second-order valence-corrected chi connectivity index (χ2v) is 5.77. The first kappa shape index (κ1) is 13.0. The Morgan fingerprint density at radius 1 is 1.17 bits per heavy atom. The SMILES string of the molecule is COP(=O)(Cc1nnc(-c2ccccc2)o1)OC. The van der Waals surface area contributed by atoms with Gasteiger partial charge in [-0.25, -0.2) is 0 Å². The molecule has 0 saturated carbocycles. The van der Waals surface area contributed by atoms with Crippen LogP contribution in [0.25, 0.3) is 11.5 Å². The van der Waals surface area contributed by atoms with E-state index in [9.17, 15) is 4.57 Å². The van der Waals surface area contributed by atoms with Crippen molar-refractivity contribution in [2.24, 2.45) is 0 Å². The summed E-state index contributed by atoms with van der Waals surface area (Å²) in [5, 5.41) is 7.71. The molecule has 0 N–H and O–H groups in total. The van der Waals surface area contributed by atoms with Crippen LogP contribution in [0.3, 0.4) is 0 Å². The number of benzene rings is 1. The Hall–Kier alpha value is -1.49. The lowest BCUT2D eigenvalue weighted by Crippen LogP contribution is -1.93. The van der Waals surface area contributed by atoms with Gasteiger partial charge >= 0.3 is 7.60 Å². The summed E-state index contributed by atoms with van der Waals surface area (Å²) in [4.78, 5) is 0. The summed E-state index contributed by atoms with van der Waals surface area (Å²) < 4.78 is 26.9. The summed E-state index contributed by atoms with van der Waals surface area (Å²) in [6.07, 6.45) is -0.0418. The standard InChI is InChI=1S/C11H13N2O4P/c1-15-18(14,16-2)8-10-12-13-11(17-10)9-6-4-3-5-7-9/h3-7H,8H2,1-2H3. The van der Waals surface area contributed by atoms with E-state index in [0.29, 0.717) is 5.89 Å². The van der Waals surface area contributed by atoms with E-state index < -0.39 is 7.60 Å². The van der Waals surface area contributed by atoms with Crippen LogP contribution < -0.4 is 0 Å². The highest BCUT2D eigenvalue weighted by molar-refractivity contribution is 7.52. The molecule has 1 heterocycles. The van der Waals surface area contributed by atoms with Crippen molar-refractivity contribution < 1.29 is 18.0 Å². The van der Waals surface area contributed by atoms with Crippen LogP contribution in [0.15, 0.2) is 34.7 Å². The molecule has 1 aromatic carbocycles. The number of rotatable bonds is 5. The minimum Gasteiger partial charge on any atom is -0.420 e. The molecule has 6 nitrogen and oxygen atoms in total. The van der Waals surface area contributed by atoms with Crippen LogP contribution in [-0.2, 0) is 19.8 Å². The molecule has 0 amide bonds. The van der Waals surface area contributed by atoms with Gasteiger partial charge in [0.05, 0.1) is 0 Å². The van der Waals surface area contributed by atoms with Crippen LogP contribution in [-0.4, -0.2) is 24.4 Å². The van der Waals surface area contributed by atoms with Crippen molar-refractivity contribution in [1.29, 1.82) is 0 Å². The fourth-order valence-corrected chi connectivity index (χ4v) is 2.25. The van der Waals surface area contributed by atoms with Crippen LogP contribution in [0.5, 0.6) is 0 Å². The summed E-state index contributed by atoms with van der Waals surface area (Å²) in [5.74, 6) is 0.602. The summed E-state index contributed by atoms with van der Waals surface area (Å²) in [7, 11) is -0.541. The average molecular weight is 268 g/mol. The number of hydrogen-bond donors (Lipinski definition) is 0. The van der Waals surface area contributed by atoms with E-state index >= 15 is 0 Å². The fourth-order valence-electron chi connectivity index (χ4n) is 1.38. The Kier molecular flexibility index (Phi) is 3.91. The van der Waals surface area contributed by atoms with Gasteiger partial charge in [0.15, 0.2) is 0 Å². The lowest BCUT2D eigenvalue weighted by molar-refractivity contribution is 0.271. The van der Waals surface area contributed by atoms with E-state index in [2.05, 4.69) is 10.2 Å². The van der Waals surface area contributed by atoms with Gasteiger partial charge in [-0.3, -0.25) is 4.57 Å². The van der Waals surface area contributed by atoms with Crippen LogP contribution in [0.2, 0.25) is 0 Å². The Bertz CT molecular complexity index is 547. The van der Waals surface area contributed by atoms with E-state index in [0.717, 1.165) is 5.56 Å². The van der Waals surface area contributed by atoms with Gasteiger partial charge in [-0.05, 0) is 12.1 Å². The molecule has 0 aliphatic carbocycles. The summed E-state index contributed by atoms with van der Waals surface area (Å²) in [5.41, 5.74) is 0.806. The third kappa shape index (κ3) is 2.85. The van der Waals surface area contributed by atoms with E-state index in [1.807, 2.05) is 30.3 Å². The van der Waals surface area contributed by atoms with Crippen molar-refractivity contribution in [2.45, 2.75) is 6.16 Å². The lowest BCUT2D eigenvalue weighted by Gasteiger charge is -2.10. The van der Waals surface area contributed by atoms with Gasteiger partial charge in [0.2, 0.25) is 11.8 Å². The summed E-state index contributed by atoms with van der Waals surface area (Å²) in [6.45, 7) is 0. The normalized spacial score (nSPS) is 11.7. The zero-order chi connectivity index (χ0) is 13.0. The first-order valence-electron chi connectivity index (χ1n) is 5.25. The number of hydrogen-bond acceptors (Lipinski definition) is 6. The van der Waals surface area contributed by atoms with E-state index in [1.165, 1.54) is 14.2 Å². The first-order valence-corrected chi connectivity index (χ1v) is 6.98. The molecule has 0 atom stereocenters. The quantitative estimate of drug-likeness (QED) is 0.776. The second-order valence-electron chi connectivity index (χ2n) is 3.50. The fraction of sp³-hybridized carbons (Fsp3) is 0.273. The van der Waals surface area contributed by atoms with Gasteiger partial charge < -0.3 is 13.5 Å². The highest BCUT2D eigenvalue weighted by Crippen LogP contribution is 2.49. The highest BCUT2D eigenvalue weighted by atomic mass is 31.2. The van der Waals surface area contributed by atoms with E-state index in [1.54, 1.807) is 0 Å². The second kappa shape index (κ2) is 5.44. The molecule has 18 heavy (non-hydrogen) atoms.